The molecule has 4 fully saturated rings. The third-order valence-electron chi connectivity index (χ3n) is 29.9. The molecule has 8 atom stereocenters. The summed E-state index contributed by atoms with van der Waals surface area (Å²) in [5.74, 6) is 4.60. The highest BCUT2D eigenvalue weighted by atomic mass is 14.8. The smallest absolute Gasteiger partial charge is 0.0737 e. The van der Waals surface area contributed by atoms with Crippen molar-refractivity contribution in [1.82, 2.24) is 19.9 Å². The van der Waals surface area contributed by atoms with Crippen LogP contribution in [0.3, 0.4) is 0 Å². The molecule has 4 nitrogen and oxygen atoms in total. The zero-order valence-electron chi connectivity index (χ0n) is 59.1. The number of hydrogen-bond donors (Lipinski definition) is 2. The zero-order chi connectivity index (χ0) is 68.3. The minimum Gasteiger partial charge on any atom is -0.354 e. The van der Waals surface area contributed by atoms with Crippen LogP contribution in [0.25, 0.3) is 135 Å². The second kappa shape index (κ2) is 20.0. The number of hydrogen-bond acceptors (Lipinski definition) is 2. The number of H-pyrrole nitrogens is 2. The number of nitrogens with one attached hydrogen (secondary N) is 2. The molecule has 2 spiro atoms. The third-order valence-corrected chi connectivity index (χ3v) is 29.9. The van der Waals surface area contributed by atoms with Gasteiger partial charge in [-0.3, -0.25) is 0 Å². The minimum absolute atomic E-state index is 0.511. The summed E-state index contributed by atoms with van der Waals surface area (Å²) < 4.78 is 0. The Morgan fingerprint density at radius 3 is 0.792 bits per heavy atom. The monoisotopic (exact) mass is 1350 g/mol. The van der Waals surface area contributed by atoms with Gasteiger partial charge in [-0.05, 0) is 341 Å². The van der Waals surface area contributed by atoms with Gasteiger partial charge >= 0.3 is 0 Å². The molecule has 16 bridgehead atoms. The molecule has 4 saturated carbocycles. The Hall–Kier alpha value is -11.2. The molecule has 27 rings (SSSR count). The number of fused-ring (bicyclic) bond motifs is 48. The van der Waals surface area contributed by atoms with Crippen LogP contribution in [0.1, 0.15) is 236 Å². The van der Waals surface area contributed by atoms with Gasteiger partial charge in [0, 0.05) is 44.3 Å². The van der Waals surface area contributed by atoms with E-state index in [1.807, 2.05) is 0 Å². The number of aromatic nitrogens is 4. The average Bonchev–Trinajstić information content (AvgIpc) is 1.52. The maximum Gasteiger partial charge on any atom is 0.0737 e. The summed E-state index contributed by atoms with van der Waals surface area (Å²) in [4.78, 5) is 21.5. The van der Waals surface area contributed by atoms with Gasteiger partial charge in [0.1, 0.15) is 0 Å². The lowest BCUT2D eigenvalue weighted by Crippen LogP contribution is -2.25. The molecule has 8 unspecified atom stereocenters. The van der Waals surface area contributed by atoms with Crippen molar-refractivity contribution in [2.24, 2.45) is 0 Å². The second-order valence-electron chi connectivity index (χ2n) is 34.1. The molecule has 5 heterocycles. The van der Waals surface area contributed by atoms with E-state index in [0.717, 1.165) is 56.0 Å². The van der Waals surface area contributed by atoms with E-state index >= 15 is 0 Å². The Morgan fingerprint density at radius 1 is 0.236 bits per heavy atom. The van der Waals surface area contributed by atoms with E-state index in [4.69, 9.17) is 9.97 Å². The summed E-state index contributed by atoms with van der Waals surface area (Å²) in [6.07, 6.45) is 24.9. The molecule has 10 aromatic carbocycles. The van der Waals surface area contributed by atoms with Crippen molar-refractivity contribution in [3.8, 4) is 89.0 Å². The molecule has 0 saturated heterocycles. The Balaban J connectivity index is 0.789. The quantitative estimate of drug-likeness (QED) is 0.184. The molecular weight excluding hydrogens is 1280 g/mol. The molecule has 2 N–H and O–H groups in total. The highest BCUT2D eigenvalue weighted by Gasteiger charge is 2.55. The first-order valence-electron chi connectivity index (χ1n) is 40.0. The Labute approximate surface area is 616 Å². The summed E-state index contributed by atoms with van der Waals surface area (Å²) in [6.45, 7) is 0. The van der Waals surface area contributed by atoms with E-state index in [9.17, 15) is 0 Å². The van der Waals surface area contributed by atoms with Gasteiger partial charge < -0.3 is 9.97 Å². The average molecular weight is 1360 g/mol. The first-order chi connectivity index (χ1) is 52.5. The van der Waals surface area contributed by atoms with Gasteiger partial charge in [0.05, 0.1) is 33.6 Å². The van der Waals surface area contributed by atoms with Gasteiger partial charge in [-0.2, -0.15) is 0 Å². The lowest BCUT2D eigenvalue weighted by Gasteiger charge is -2.30. The predicted molar refractivity (Wildman–Crippen MR) is 431 cm³/mol. The van der Waals surface area contributed by atoms with Crippen LogP contribution in [0.5, 0.6) is 0 Å². The fraction of sp³-hybridized carbons (Fsp3) is 0.216. The van der Waals surface area contributed by atoms with Crippen molar-refractivity contribution >= 4 is 46.4 Å². The Bertz CT molecular complexity index is 5960. The predicted octanol–water partition coefficient (Wildman–Crippen LogP) is 25.5. The van der Waals surface area contributed by atoms with Crippen molar-refractivity contribution < 1.29 is 0 Å². The van der Waals surface area contributed by atoms with Gasteiger partial charge in [-0.15, -0.1) is 0 Å². The number of rotatable bonds is 4. The standard InChI is InChI=1S/C102H74N4/c1-7-19-75-63(13-1)64-14-2-8-20-76(64)101(75)79-23-11-5-17-67(79)69-35-33-61(49-81(69)101)95-83-37-41-87(103-83)97(99-91-57-29-25-53(45-57)71(91)51-72-54-26-30-58(46-54)92(72)99)89-43-39-85(105-89)96(62-34-36-70-68-18-6-12-24-80(68)102(82(70)50-62)77-21-9-3-15-65(77)66-16-4-10-22-78(66)102)86-40-44-90(106-86)98(88-42-38-84(95)104-88)100-93-59-31-27-55(47-59)73(93)52-74-56-28-32-60(48-56)94(74)100/h1-24,33-44,49-60,103,106H,25-32,45-48H2. The van der Waals surface area contributed by atoms with E-state index in [0.29, 0.717) is 47.3 Å². The van der Waals surface area contributed by atoms with Crippen LogP contribution in [0, 0.1) is 0 Å². The second-order valence-corrected chi connectivity index (χ2v) is 34.1. The SMILES string of the molecule is C1=Cc2nc1c(-c1ccc3c(c1)C1(c4ccccc4-c4ccccc41)c1ccccc1-3)c1ccc([nH]1)c(-c1c3c(cc4c1C1CCC4C1)C1CCC3C1)c1nc(c(-c3ccc4c(c3)C3(c5ccccc5-c5ccccc53)c3ccccc3-4)c3ccc([nH]3)c2-c2c3c(cc4c2C2CCC4C2)C2CCC3C2)C=C1. The van der Waals surface area contributed by atoms with Crippen LogP contribution in [-0.2, 0) is 10.8 Å². The van der Waals surface area contributed by atoms with Crippen molar-refractivity contribution in [2.75, 3.05) is 0 Å². The molecule has 14 aliphatic rings. The first kappa shape index (κ1) is 57.2. The molecule has 3 aromatic heterocycles. The van der Waals surface area contributed by atoms with Gasteiger partial charge in [-0.25, -0.2) is 9.97 Å². The topological polar surface area (TPSA) is 57.4 Å². The maximum atomic E-state index is 6.30. The molecule has 0 amide bonds. The molecule has 502 valence electrons. The fourth-order valence-electron chi connectivity index (χ4n) is 26.1. The largest absolute Gasteiger partial charge is 0.354 e. The van der Waals surface area contributed by atoms with Crippen molar-refractivity contribution in [3.05, 3.63) is 330 Å². The lowest BCUT2D eigenvalue weighted by molar-refractivity contribution is 0.692. The highest BCUT2D eigenvalue weighted by Crippen LogP contribution is 2.69. The van der Waals surface area contributed by atoms with E-state index in [1.165, 1.54) is 199 Å². The molecule has 0 radical (unpaired) electrons. The maximum absolute atomic E-state index is 6.30. The summed E-state index contributed by atoms with van der Waals surface area (Å²) in [7, 11) is 0. The van der Waals surface area contributed by atoms with E-state index < -0.39 is 10.8 Å². The van der Waals surface area contributed by atoms with Crippen LogP contribution in [-0.4, -0.2) is 19.9 Å². The van der Waals surface area contributed by atoms with E-state index in [1.54, 1.807) is 44.5 Å². The fourth-order valence-corrected chi connectivity index (χ4v) is 26.1. The summed E-state index contributed by atoms with van der Waals surface area (Å²) in [5.41, 5.74) is 52.0. The lowest BCUT2D eigenvalue weighted by atomic mass is 9.70. The molecular formula is C102H74N4. The first-order valence-corrected chi connectivity index (χ1v) is 40.0. The molecule has 4 heteroatoms. The zero-order valence-corrected chi connectivity index (χ0v) is 59.1. The van der Waals surface area contributed by atoms with Crippen LogP contribution >= 0.6 is 0 Å². The van der Waals surface area contributed by atoms with Gasteiger partial charge in [-0.1, -0.05) is 182 Å². The molecule has 106 heavy (non-hydrogen) atoms. The van der Waals surface area contributed by atoms with Gasteiger partial charge in [0.15, 0.2) is 0 Å². The van der Waals surface area contributed by atoms with Crippen LogP contribution < -0.4 is 0 Å². The van der Waals surface area contributed by atoms with Crippen molar-refractivity contribution in [1.29, 1.82) is 0 Å². The third kappa shape index (κ3) is 6.89. The Morgan fingerprint density at radius 2 is 0.491 bits per heavy atom. The number of benzene rings is 10. The van der Waals surface area contributed by atoms with Gasteiger partial charge in [0.25, 0.3) is 0 Å². The minimum atomic E-state index is -0.511. The molecule has 2 aliphatic heterocycles. The van der Waals surface area contributed by atoms with Crippen LogP contribution in [0.4, 0.5) is 0 Å². The normalized spacial score (nSPS) is 23.1. The highest BCUT2D eigenvalue weighted by molar-refractivity contribution is 6.05. The van der Waals surface area contributed by atoms with E-state index in [-0.39, 0.29) is 0 Å². The summed E-state index contributed by atoms with van der Waals surface area (Å²) in [5, 5.41) is 0. The van der Waals surface area contributed by atoms with Crippen LogP contribution in [0.15, 0.2) is 218 Å². The molecule has 12 aliphatic carbocycles. The number of nitrogens with zero attached hydrogens (tertiary/aromatic N) is 2. The summed E-state index contributed by atoms with van der Waals surface area (Å²) in [6, 6.07) is 85.9. The van der Waals surface area contributed by atoms with Crippen molar-refractivity contribution in [2.45, 2.75) is 135 Å². The molecule has 13 aromatic rings. The van der Waals surface area contributed by atoms with Gasteiger partial charge in [0.2, 0.25) is 0 Å². The summed E-state index contributed by atoms with van der Waals surface area (Å²) >= 11 is 0. The van der Waals surface area contributed by atoms with Crippen LogP contribution in [0.2, 0.25) is 0 Å². The van der Waals surface area contributed by atoms with Crippen molar-refractivity contribution in [3.63, 3.8) is 0 Å². The number of aromatic amines is 2. The van der Waals surface area contributed by atoms with E-state index in [2.05, 4.69) is 253 Å². The Kier molecular flexibility index (Phi) is 10.8.